The van der Waals surface area contributed by atoms with Crippen LogP contribution in [0.25, 0.3) is 11.0 Å². The quantitative estimate of drug-likeness (QED) is 0.672. The monoisotopic (exact) mass is 222 g/mol. The molecular formula is C11H14N2O3. The highest BCUT2D eigenvalue weighted by atomic mass is 16.4. The van der Waals surface area contributed by atoms with Crippen molar-refractivity contribution in [3.05, 3.63) is 38.9 Å². The summed E-state index contributed by atoms with van der Waals surface area (Å²) in [5.41, 5.74) is 0.578. The van der Waals surface area contributed by atoms with Crippen LogP contribution in [0, 0.1) is 6.92 Å². The van der Waals surface area contributed by atoms with Crippen molar-refractivity contribution in [1.29, 1.82) is 0 Å². The Morgan fingerprint density at radius 1 is 1.31 bits per heavy atom. The Bertz CT molecular complexity index is 611. The van der Waals surface area contributed by atoms with E-state index in [1.54, 1.807) is 13.0 Å². The van der Waals surface area contributed by atoms with Crippen LogP contribution in [0.5, 0.6) is 0 Å². The van der Waals surface area contributed by atoms with Crippen LogP contribution >= 0.6 is 0 Å². The highest BCUT2D eigenvalue weighted by molar-refractivity contribution is 5.74. The van der Waals surface area contributed by atoms with Gasteiger partial charge in [-0.25, -0.2) is 9.36 Å². The van der Waals surface area contributed by atoms with Crippen molar-refractivity contribution >= 4 is 11.0 Å². The van der Waals surface area contributed by atoms with Gasteiger partial charge in [0.2, 0.25) is 0 Å². The predicted octanol–water partition coefficient (Wildman–Crippen LogP) is 1.22. The molecule has 0 aliphatic rings. The molecule has 16 heavy (non-hydrogen) atoms. The second-order valence-electron chi connectivity index (χ2n) is 3.05. The van der Waals surface area contributed by atoms with Crippen molar-refractivity contribution in [3.63, 3.8) is 0 Å². The van der Waals surface area contributed by atoms with E-state index in [-0.39, 0.29) is 11.1 Å². The van der Waals surface area contributed by atoms with Crippen molar-refractivity contribution in [2.75, 3.05) is 0 Å². The minimum Gasteiger partial charge on any atom is -0.407 e. The molecule has 0 bridgehead atoms. The molecule has 5 heteroatoms. The predicted molar refractivity (Wildman–Crippen MR) is 61.6 cm³/mol. The van der Waals surface area contributed by atoms with Gasteiger partial charge in [0.15, 0.2) is 5.58 Å². The summed E-state index contributed by atoms with van der Waals surface area (Å²) in [6.45, 7) is 5.77. The fourth-order valence-electron chi connectivity index (χ4n) is 1.22. The summed E-state index contributed by atoms with van der Waals surface area (Å²) in [5.74, 6) is -0.673. The number of hydrogen-bond acceptors (Lipinski definition) is 4. The SMILES string of the molecule is CC.Cc1cc2c(=O)n(C)c(=O)oc2cn1. The Kier molecular flexibility index (Phi) is 3.60. The maximum absolute atomic E-state index is 11.6. The standard InChI is InChI=1S/C9H8N2O3.C2H6/c1-5-3-6-7(4-10-5)14-9(13)11(2)8(6)12;1-2/h3-4H,1-2H3;1-2H3. The molecule has 2 aromatic heterocycles. The van der Waals surface area contributed by atoms with E-state index >= 15 is 0 Å². The maximum atomic E-state index is 11.6. The van der Waals surface area contributed by atoms with E-state index in [9.17, 15) is 9.59 Å². The van der Waals surface area contributed by atoms with Crippen molar-refractivity contribution in [3.8, 4) is 0 Å². The first-order valence-corrected chi connectivity index (χ1v) is 5.06. The summed E-state index contributed by atoms with van der Waals surface area (Å²) in [6.07, 6.45) is 1.38. The van der Waals surface area contributed by atoms with Crippen LogP contribution < -0.4 is 11.3 Å². The molecule has 2 aromatic rings. The molecule has 2 rings (SSSR count). The molecule has 0 saturated carbocycles. The van der Waals surface area contributed by atoms with Gasteiger partial charge in [0, 0.05) is 12.7 Å². The van der Waals surface area contributed by atoms with E-state index in [2.05, 4.69) is 4.98 Å². The van der Waals surface area contributed by atoms with Gasteiger partial charge in [0.25, 0.3) is 5.56 Å². The van der Waals surface area contributed by atoms with Crippen molar-refractivity contribution in [2.24, 2.45) is 7.05 Å². The molecule has 0 fully saturated rings. The molecule has 0 N–H and O–H groups in total. The second kappa shape index (κ2) is 4.74. The summed E-state index contributed by atoms with van der Waals surface area (Å²) in [7, 11) is 1.38. The topological polar surface area (TPSA) is 65.1 Å². The highest BCUT2D eigenvalue weighted by Gasteiger charge is 2.06. The fraction of sp³-hybridized carbons (Fsp3) is 0.364. The van der Waals surface area contributed by atoms with E-state index in [0.717, 1.165) is 4.57 Å². The minimum atomic E-state index is -0.673. The van der Waals surface area contributed by atoms with E-state index in [4.69, 9.17) is 4.42 Å². The van der Waals surface area contributed by atoms with Crippen LogP contribution in [0.3, 0.4) is 0 Å². The van der Waals surface area contributed by atoms with Gasteiger partial charge < -0.3 is 4.42 Å². The summed E-state index contributed by atoms with van der Waals surface area (Å²) < 4.78 is 5.81. The molecule has 0 aliphatic heterocycles. The van der Waals surface area contributed by atoms with Crippen LogP contribution in [0.15, 0.2) is 26.3 Å². The zero-order valence-electron chi connectivity index (χ0n) is 9.77. The van der Waals surface area contributed by atoms with E-state index < -0.39 is 5.76 Å². The first-order chi connectivity index (χ1) is 7.59. The number of pyridine rings is 1. The average molecular weight is 222 g/mol. The Hall–Kier alpha value is -1.91. The zero-order valence-corrected chi connectivity index (χ0v) is 9.77. The third-order valence-electron chi connectivity index (χ3n) is 2.01. The number of nitrogens with zero attached hydrogens (tertiary/aromatic N) is 2. The Balaban J connectivity index is 0.000000606. The van der Waals surface area contributed by atoms with Gasteiger partial charge in [0.05, 0.1) is 11.6 Å². The zero-order chi connectivity index (χ0) is 12.3. The molecule has 5 nitrogen and oxygen atoms in total. The Morgan fingerprint density at radius 2 is 1.94 bits per heavy atom. The van der Waals surface area contributed by atoms with Crippen molar-refractivity contribution < 1.29 is 4.42 Å². The summed E-state index contributed by atoms with van der Waals surface area (Å²) in [5, 5.41) is 0.375. The molecule has 0 saturated heterocycles. The molecule has 0 atom stereocenters. The fourth-order valence-corrected chi connectivity index (χ4v) is 1.22. The molecule has 0 aromatic carbocycles. The van der Waals surface area contributed by atoms with Crippen LogP contribution in [0.4, 0.5) is 0 Å². The lowest BCUT2D eigenvalue weighted by Crippen LogP contribution is -2.29. The number of hydrogen-bond donors (Lipinski definition) is 0. The first kappa shape index (κ1) is 12.2. The van der Waals surface area contributed by atoms with Gasteiger partial charge in [0.1, 0.15) is 0 Å². The molecular weight excluding hydrogens is 208 g/mol. The Labute approximate surface area is 92.4 Å². The number of fused-ring (bicyclic) bond motifs is 1. The van der Waals surface area contributed by atoms with Gasteiger partial charge >= 0.3 is 5.76 Å². The largest absolute Gasteiger partial charge is 0.422 e. The third-order valence-corrected chi connectivity index (χ3v) is 2.01. The molecule has 0 amide bonds. The highest BCUT2D eigenvalue weighted by Crippen LogP contribution is 2.06. The van der Waals surface area contributed by atoms with E-state index in [0.29, 0.717) is 11.1 Å². The van der Waals surface area contributed by atoms with Gasteiger partial charge in [-0.3, -0.25) is 9.78 Å². The van der Waals surface area contributed by atoms with E-state index in [1.165, 1.54) is 13.2 Å². The number of rotatable bonds is 0. The molecule has 86 valence electrons. The third kappa shape index (κ3) is 2.03. The lowest BCUT2D eigenvalue weighted by atomic mass is 10.3. The minimum absolute atomic E-state index is 0.226. The van der Waals surface area contributed by atoms with Gasteiger partial charge in [-0.1, -0.05) is 13.8 Å². The molecule has 0 spiro atoms. The first-order valence-electron chi connectivity index (χ1n) is 5.06. The molecule has 0 unspecified atom stereocenters. The number of aromatic nitrogens is 2. The molecule has 2 heterocycles. The molecule has 0 aliphatic carbocycles. The van der Waals surface area contributed by atoms with Crippen LogP contribution in [-0.2, 0) is 7.05 Å². The lowest BCUT2D eigenvalue weighted by molar-refractivity contribution is 0.483. The van der Waals surface area contributed by atoms with Crippen LogP contribution in [-0.4, -0.2) is 9.55 Å². The summed E-state index contributed by atoms with van der Waals surface area (Å²) >= 11 is 0. The summed E-state index contributed by atoms with van der Waals surface area (Å²) in [4.78, 5) is 26.6. The normalized spacial score (nSPS) is 9.75. The number of aryl methyl sites for hydroxylation is 1. The second-order valence-corrected chi connectivity index (χ2v) is 3.05. The molecule has 0 radical (unpaired) electrons. The smallest absolute Gasteiger partial charge is 0.407 e. The van der Waals surface area contributed by atoms with Crippen molar-refractivity contribution in [1.82, 2.24) is 9.55 Å². The van der Waals surface area contributed by atoms with E-state index in [1.807, 2.05) is 13.8 Å². The van der Waals surface area contributed by atoms with Gasteiger partial charge in [-0.2, -0.15) is 0 Å². The van der Waals surface area contributed by atoms with Crippen LogP contribution in [0.1, 0.15) is 19.5 Å². The van der Waals surface area contributed by atoms with Crippen LogP contribution in [0.2, 0.25) is 0 Å². The lowest BCUT2D eigenvalue weighted by Gasteiger charge is -1.98. The Morgan fingerprint density at radius 3 is 2.56 bits per heavy atom. The van der Waals surface area contributed by atoms with Crippen molar-refractivity contribution in [2.45, 2.75) is 20.8 Å². The summed E-state index contributed by atoms with van der Waals surface area (Å²) in [6, 6.07) is 1.60. The average Bonchev–Trinajstić information content (AvgIpc) is 2.30. The maximum Gasteiger partial charge on any atom is 0.422 e. The van der Waals surface area contributed by atoms with Gasteiger partial charge in [-0.15, -0.1) is 0 Å². The van der Waals surface area contributed by atoms with Gasteiger partial charge in [-0.05, 0) is 13.0 Å².